The Kier molecular flexibility index (Phi) is 5.53. The average Bonchev–Trinajstić information content (AvgIpc) is 3.24. The van der Waals surface area contributed by atoms with E-state index in [1.54, 1.807) is 0 Å². The predicted octanol–water partition coefficient (Wildman–Crippen LogP) is 3.38. The van der Waals surface area contributed by atoms with Gasteiger partial charge in [-0.2, -0.15) is 0 Å². The predicted molar refractivity (Wildman–Crippen MR) is 118 cm³/mol. The molecule has 8 nitrogen and oxygen atoms in total. The van der Waals surface area contributed by atoms with E-state index in [-0.39, 0.29) is 12.1 Å². The molecular weight excluding hydrogens is 382 g/mol. The Balaban J connectivity index is 1.57. The molecule has 0 spiro atoms. The molecule has 1 aromatic heterocycles. The summed E-state index contributed by atoms with van der Waals surface area (Å²) in [5, 5.41) is 2.99. The number of rotatable bonds is 3. The van der Waals surface area contributed by atoms with Crippen LogP contribution in [0, 0.1) is 6.92 Å². The van der Waals surface area contributed by atoms with Gasteiger partial charge in [-0.05, 0) is 59.1 Å². The zero-order valence-electron chi connectivity index (χ0n) is 18.4. The number of anilines is 2. The molecule has 3 N–H and O–H groups in total. The van der Waals surface area contributed by atoms with Crippen LogP contribution >= 0.6 is 0 Å². The van der Waals surface area contributed by atoms with Crippen molar-refractivity contribution in [2.75, 3.05) is 36.9 Å². The topological polar surface area (TPSA) is 94.6 Å². The Morgan fingerprint density at radius 1 is 1.27 bits per heavy atom. The van der Waals surface area contributed by atoms with Crippen molar-refractivity contribution in [3.8, 4) is 0 Å². The van der Waals surface area contributed by atoms with Crippen molar-refractivity contribution < 1.29 is 14.3 Å². The SMILES string of the molecule is Cc1nc2c(N3CC[C@H](NC(=O)OC(C)(C)C)C3)c(N)ccc2n1C1CCOCC1. The summed E-state index contributed by atoms with van der Waals surface area (Å²) in [7, 11) is 0. The lowest BCUT2D eigenvalue weighted by Gasteiger charge is -2.26. The average molecular weight is 416 g/mol. The molecule has 30 heavy (non-hydrogen) atoms. The number of nitrogens with two attached hydrogens (primary N) is 1. The van der Waals surface area contributed by atoms with Crippen molar-refractivity contribution in [2.45, 2.75) is 64.6 Å². The fraction of sp³-hybridized carbons (Fsp3) is 0.636. The van der Waals surface area contributed by atoms with Crippen molar-refractivity contribution in [3.05, 3.63) is 18.0 Å². The van der Waals surface area contributed by atoms with E-state index in [0.29, 0.717) is 12.6 Å². The van der Waals surface area contributed by atoms with Crippen molar-refractivity contribution in [1.82, 2.24) is 14.9 Å². The third kappa shape index (κ3) is 4.19. The highest BCUT2D eigenvalue weighted by molar-refractivity contribution is 5.96. The van der Waals surface area contributed by atoms with Crippen LogP contribution in [0.3, 0.4) is 0 Å². The van der Waals surface area contributed by atoms with Gasteiger partial charge in [0.25, 0.3) is 0 Å². The Morgan fingerprint density at radius 2 is 2.00 bits per heavy atom. The number of nitrogens with zero attached hydrogens (tertiary/aromatic N) is 3. The molecule has 2 fully saturated rings. The summed E-state index contributed by atoms with van der Waals surface area (Å²) < 4.78 is 13.3. The number of nitrogen functional groups attached to an aromatic ring is 1. The van der Waals surface area contributed by atoms with Crippen LogP contribution in [0.15, 0.2) is 12.1 Å². The summed E-state index contributed by atoms with van der Waals surface area (Å²) in [6.45, 7) is 10.7. The molecule has 1 atom stereocenters. The molecule has 1 aromatic carbocycles. The summed E-state index contributed by atoms with van der Waals surface area (Å²) in [5.74, 6) is 1.01. The Hall–Kier alpha value is -2.48. The van der Waals surface area contributed by atoms with Gasteiger partial charge in [-0.25, -0.2) is 9.78 Å². The van der Waals surface area contributed by atoms with Gasteiger partial charge in [0.2, 0.25) is 0 Å². The number of aryl methyl sites for hydroxylation is 1. The molecule has 2 saturated heterocycles. The van der Waals surface area contributed by atoms with Crippen molar-refractivity contribution in [3.63, 3.8) is 0 Å². The number of ether oxygens (including phenoxy) is 2. The molecule has 1 amide bonds. The smallest absolute Gasteiger partial charge is 0.407 e. The molecule has 2 aromatic rings. The lowest BCUT2D eigenvalue weighted by atomic mass is 10.1. The van der Waals surface area contributed by atoms with E-state index >= 15 is 0 Å². The number of carbonyl (C=O) groups excluding carboxylic acids is 1. The van der Waals surface area contributed by atoms with Crippen LogP contribution in [0.2, 0.25) is 0 Å². The lowest BCUT2D eigenvalue weighted by Crippen LogP contribution is -2.40. The molecule has 2 aliphatic rings. The first-order valence-corrected chi connectivity index (χ1v) is 10.8. The van der Waals surface area contributed by atoms with Gasteiger partial charge in [-0.1, -0.05) is 0 Å². The Bertz CT molecular complexity index is 927. The van der Waals surface area contributed by atoms with Gasteiger partial charge in [0, 0.05) is 32.3 Å². The van der Waals surface area contributed by atoms with Crippen LogP contribution in [0.1, 0.15) is 51.9 Å². The monoisotopic (exact) mass is 415 g/mol. The van der Waals surface area contributed by atoms with Crippen molar-refractivity contribution in [2.24, 2.45) is 0 Å². The fourth-order valence-electron chi connectivity index (χ4n) is 4.57. The van der Waals surface area contributed by atoms with E-state index in [2.05, 4.69) is 27.8 Å². The number of benzene rings is 1. The van der Waals surface area contributed by atoms with E-state index in [4.69, 9.17) is 20.2 Å². The highest BCUT2D eigenvalue weighted by atomic mass is 16.6. The van der Waals surface area contributed by atoms with E-state index in [0.717, 1.165) is 67.3 Å². The lowest BCUT2D eigenvalue weighted by molar-refractivity contribution is 0.0509. The second-order valence-electron chi connectivity index (χ2n) is 9.32. The quantitative estimate of drug-likeness (QED) is 0.747. The fourth-order valence-corrected chi connectivity index (χ4v) is 4.57. The third-order valence-electron chi connectivity index (χ3n) is 5.82. The molecule has 164 valence electrons. The van der Waals surface area contributed by atoms with Crippen LogP contribution in [0.25, 0.3) is 11.0 Å². The minimum Gasteiger partial charge on any atom is -0.444 e. The number of hydrogen-bond donors (Lipinski definition) is 2. The number of aromatic nitrogens is 2. The number of carbonyl (C=O) groups is 1. The second kappa shape index (κ2) is 7.98. The van der Waals surface area contributed by atoms with E-state index in [1.165, 1.54) is 0 Å². The summed E-state index contributed by atoms with van der Waals surface area (Å²) in [4.78, 5) is 19.3. The second-order valence-corrected chi connectivity index (χ2v) is 9.32. The Morgan fingerprint density at radius 3 is 2.70 bits per heavy atom. The van der Waals surface area contributed by atoms with Crippen LogP contribution in [0.4, 0.5) is 16.2 Å². The maximum atomic E-state index is 12.2. The number of alkyl carbamates (subject to hydrolysis) is 1. The summed E-state index contributed by atoms with van der Waals surface area (Å²) in [5.41, 5.74) is 9.65. The largest absolute Gasteiger partial charge is 0.444 e. The molecule has 8 heteroatoms. The normalized spacial score (nSPS) is 20.7. The summed E-state index contributed by atoms with van der Waals surface area (Å²) >= 11 is 0. The standard InChI is InChI=1S/C22H33N5O3/c1-14-24-19-18(27(14)16-8-11-29-12-9-16)6-5-17(23)20(19)26-10-7-15(13-26)25-21(28)30-22(2,3)4/h5-6,15-16H,7-13,23H2,1-4H3,(H,25,28)/t15-/m0/s1. The van der Waals surface area contributed by atoms with Crippen LogP contribution < -0.4 is 16.0 Å². The number of amides is 1. The van der Waals surface area contributed by atoms with Crippen LogP contribution in [-0.4, -0.2) is 53.6 Å². The van der Waals surface area contributed by atoms with Gasteiger partial charge >= 0.3 is 6.09 Å². The van der Waals surface area contributed by atoms with E-state index in [9.17, 15) is 4.79 Å². The first-order valence-electron chi connectivity index (χ1n) is 10.8. The van der Waals surface area contributed by atoms with Crippen LogP contribution in [-0.2, 0) is 9.47 Å². The van der Waals surface area contributed by atoms with Crippen LogP contribution in [0.5, 0.6) is 0 Å². The molecule has 0 aliphatic carbocycles. The van der Waals surface area contributed by atoms with Crippen molar-refractivity contribution >= 4 is 28.5 Å². The first-order chi connectivity index (χ1) is 14.2. The molecule has 3 heterocycles. The van der Waals surface area contributed by atoms with Gasteiger partial charge in [0.15, 0.2) is 0 Å². The number of imidazole rings is 1. The molecule has 0 radical (unpaired) electrons. The van der Waals surface area contributed by atoms with Gasteiger partial charge in [-0.3, -0.25) is 0 Å². The summed E-state index contributed by atoms with van der Waals surface area (Å²) in [6.07, 6.45) is 2.46. The maximum absolute atomic E-state index is 12.2. The van der Waals surface area contributed by atoms with Gasteiger partial charge in [0.05, 0.1) is 22.9 Å². The zero-order chi connectivity index (χ0) is 21.5. The first kappa shape index (κ1) is 20.8. The zero-order valence-corrected chi connectivity index (χ0v) is 18.4. The number of nitrogens with one attached hydrogen (secondary N) is 1. The summed E-state index contributed by atoms with van der Waals surface area (Å²) in [6, 6.07) is 4.48. The van der Waals surface area contributed by atoms with E-state index in [1.807, 2.05) is 26.8 Å². The highest BCUT2D eigenvalue weighted by Gasteiger charge is 2.30. The van der Waals surface area contributed by atoms with Gasteiger partial charge < -0.3 is 30.0 Å². The minimum absolute atomic E-state index is 0.0215. The van der Waals surface area contributed by atoms with Gasteiger partial charge in [-0.15, -0.1) is 0 Å². The molecular formula is C22H33N5O3. The maximum Gasteiger partial charge on any atom is 0.407 e. The molecule has 0 unspecified atom stereocenters. The minimum atomic E-state index is -0.507. The van der Waals surface area contributed by atoms with E-state index < -0.39 is 5.60 Å². The molecule has 0 bridgehead atoms. The number of hydrogen-bond acceptors (Lipinski definition) is 6. The Labute approximate surface area is 177 Å². The molecule has 0 saturated carbocycles. The third-order valence-corrected chi connectivity index (χ3v) is 5.82. The van der Waals surface area contributed by atoms with Gasteiger partial charge in [0.1, 0.15) is 16.9 Å². The molecule has 4 rings (SSSR count). The molecule has 2 aliphatic heterocycles. The highest BCUT2D eigenvalue weighted by Crippen LogP contribution is 2.37. The van der Waals surface area contributed by atoms with Crippen molar-refractivity contribution in [1.29, 1.82) is 0 Å². The number of fused-ring (bicyclic) bond motifs is 1.